The second kappa shape index (κ2) is 8.58. The van der Waals surface area contributed by atoms with Gasteiger partial charge in [-0.1, -0.05) is 30.3 Å². The standard InChI is InChI=1S/C25H18FN3O4/c26-17-10-8-16(9-11-17)14-32-19-5-3-4-18(12-19)28-22(30)13-29-15-27-23-20-6-1-2-7-21(20)33-24(23)25(29)31/h1-12,15H,13-14H2,(H,28,30). The lowest BCUT2D eigenvalue weighted by Gasteiger charge is -2.10. The van der Waals surface area contributed by atoms with Gasteiger partial charge in [0, 0.05) is 17.1 Å². The quantitative estimate of drug-likeness (QED) is 0.418. The normalized spacial score (nSPS) is 11.1. The Hall–Kier alpha value is -4.46. The number of furan rings is 1. The van der Waals surface area contributed by atoms with Gasteiger partial charge in [-0.3, -0.25) is 14.2 Å². The molecule has 5 rings (SSSR count). The topological polar surface area (TPSA) is 86.4 Å². The average Bonchev–Trinajstić information content (AvgIpc) is 3.20. The van der Waals surface area contributed by atoms with Gasteiger partial charge in [0.1, 0.15) is 35.8 Å². The van der Waals surface area contributed by atoms with E-state index in [0.29, 0.717) is 22.5 Å². The van der Waals surface area contributed by atoms with E-state index in [2.05, 4.69) is 10.3 Å². The summed E-state index contributed by atoms with van der Waals surface area (Å²) in [5, 5.41) is 3.50. The molecule has 5 aromatic rings. The molecule has 3 aromatic carbocycles. The number of nitrogens with zero attached hydrogens (tertiary/aromatic N) is 2. The van der Waals surface area contributed by atoms with E-state index in [4.69, 9.17) is 9.15 Å². The SMILES string of the molecule is O=C(Cn1cnc2c(oc3ccccc32)c1=O)Nc1cccc(OCc2ccc(F)cc2)c1. The lowest BCUT2D eigenvalue weighted by atomic mass is 10.2. The zero-order valence-electron chi connectivity index (χ0n) is 17.3. The highest BCUT2D eigenvalue weighted by Gasteiger charge is 2.14. The van der Waals surface area contributed by atoms with Crippen LogP contribution in [0.4, 0.5) is 10.1 Å². The van der Waals surface area contributed by atoms with E-state index in [0.717, 1.165) is 10.9 Å². The molecule has 0 aliphatic rings. The first-order chi connectivity index (χ1) is 16.1. The third-order valence-corrected chi connectivity index (χ3v) is 5.10. The fourth-order valence-electron chi connectivity index (χ4n) is 3.49. The van der Waals surface area contributed by atoms with Crippen molar-refractivity contribution in [3.63, 3.8) is 0 Å². The van der Waals surface area contributed by atoms with Crippen LogP contribution in [0, 0.1) is 5.82 Å². The molecule has 7 nitrogen and oxygen atoms in total. The van der Waals surface area contributed by atoms with Crippen molar-refractivity contribution in [2.75, 3.05) is 5.32 Å². The number of ether oxygens (including phenoxy) is 1. The van der Waals surface area contributed by atoms with Crippen LogP contribution in [0.5, 0.6) is 5.75 Å². The number of carbonyl (C=O) groups excluding carboxylic acids is 1. The monoisotopic (exact) mass is 443 g/mol. The second-order valence-electron chi connectivity index (χ2n) is 7.44. The molecule has 2 aromatic heterocycles. The Labute approximate surface area is 187 Å². The van der Waals surface area contributed by atoms with E-state index in [1.165, 1.54) is 23.0 Å². The molecule has 8 heteroatoms. The minimum absolute atomic E-state index is 0.114. The van der Waals surface area contributed by atoms with Crippen molar-refractivity contribution in [3.05, 3.63) is 101 Å². The molecule has 0 bridgehead atoms. The molecule has 0 radical (unpaired) electrons. The van der Waals surface area contributed by atoms with Crippen LogP contribution < -0.4 is 15.6 Å². The molecular formula is C25H18FN3O4. The first-order valence-electron chi connectivity index (χ1n) is 10.2. The van der Waals surface area contributed by atoms with E-state index in [9.17, 15) is 14.0 Å². The predicted octanol–water partition coefficient (Wildman–Crippen LogP) is 4.50. The highest BCUT2D eigenvalue weighted by Crippen LogP contribution is 2.24. The summed E-state index contributed by atoms with van der Waals surface area (Å²) in [5.41, 5.74) is 2.06. The van der Waals surface area contributed by atoms with Crippen LogP contribution in [-0.2, 0) is 17.9 Å². The van der Waals surface area contributed by atoms with Gasteiger partial charge >= 0.3 is 0 Å². The van der Waals surface area contributed by atoms with E-state index in [1.807, 2.05) is 18.2 Å². The number of benzene rings is 3. The molecule has 0 aliphatic carbocycles. The molecule has 164 valence electrons. The number of aromatic nitrogens is 2. The van der Waals surface area contributed by atoms with Gasteiger partial charge in [0.05, 0.1) is 6.33 Å². The number of hydrogen-bond donors (Lipinski definition) is 1. The third-order valence-electron chi connectivity index (χ3n) is 5.10. The smallest absolute Gasteiger partial charge is 0.297 e. The van der Waals surface area contributed by atoms with Crippen molar-refractivity contribution in [1.29, 1.82) is 0 Å². The molecule has 0 spiro atoms. The van der Waals surface area contributed by atoms with E-state index >= 15 is 0 Å². The number of hydrogen-bond acceptors (Lipinski definition) is 5. The minimum Gasteiger partial charge on any atom is -0.489 e. The van der Waals surface area contributed by atoms with Crippen LogP contribution >= 0.6 is 0 Å². The van der Waals surface area contributed by atoms with Crippen LogP contribution in [-0.4, -0.2) is 15.5 Å². The van der Waals surface area contributed by atoms with Crippen molar-refractivity contribution in [1.82, 2.24) is 9.55 Å². The lowest BCUT2D eigenvalue weighted by molar-refractivity contribution is -0.116. The van der Waals surface area contributed by atoms with Gasteiger partial charge in [-0.15, -0.1) is 0 Å². The first kappa shape index (κ1) is 20.4. The van der Waals surface area contributed by atoms with Crippen molar-refractivity contribution < 1.29 is 18.3 Å². The first-order valence-corrected chi connectivity index (χ1v) is 10.2. The molecule has 33 heavy (non-hydrogen) atoms. The molecule has 1 amide bonds. The van der Waals surface area contributed by atoms with Crippen LogP contribution in [0.2, 0.25) is 0 Å². The third kappa shape index (κ3) is 4.31. The van der Waals surface area contributed by atoms with Crippen molar-refractivity contribution in [2.45, 2.75) is 13.2 Å². The van der Waals surface area contributed by atoms with Crippen molar-refractivity contribution >= 4 is 33.7 Å². The lowest BCUT2D eigenvalue weighted by Crippen LogP contribution is -2.27. The number of halogens is 1. The Balaban J connectivity index is 1.28. The summed E-state index contributed by atoms with van der Waals surface area (Å²) in [4.78, 5) is 29.7. The predicted molar refractivity (Wildman–Crippen MR) is 122 cm³/mol. The summed E-state index contributed by atoms with van der Waals surface area (Å²) in [6.45, 7) is 0.0374. The number of para-hydroxylation sites is 1. The summed E-state index contributed by atoms with van der Waals surface area (Å²) in [5.74, 6) is -0.165. The number of fused-ring (bicyclic) bond motifs is 3. The Morgan fingerprint density at radius 1 is 1.06 bits per heavy atom. The summed E-state index contributed by atoms with van der Waals surface area (Å²) in [6.07, 6.45) is 1.34. The summed E-state index contributed by atoms with van der Waals surface area (Å²) in [6, 6.07) is 20.2. The molecule has 1 N–H and O–H groups in total. The Bertz CT molecular complexity index is 1520. The summed E-state index contributed by atoms with van der Waals surface area (Å²) < 4.78 is 25.6. The number of nitrogens with one attached hydrogen (secondary N) is 1. The summed E-state index contributed by atoms with van der Waals surface area (Å²) >= 11 is 0. The van der Waals surface area contributed by atoms with Gasteiger partial charge in [-0.2, -0.15) is 0 Å². The molecule has 2 heterocycles. The molecule has 0 saturated heterocycles. The molecular weight excluding hydrogens is 425 g/mol. The number of rotatable bonds is 6. The second-order valence-corrected chi connectivity index (χ2v) is 7.44. The zero-order chi connectivity index (χ0) is 22.8. The molecule has 0 atom stereocenters. The number of amides is 1. The Kier molecular flexibility index (Phi) is 5.32. The van der Waals surface area contributed by atoms with E-state index in [-0.39, 0.29) is 24.6 Å². The van der Waals surface area contributed by atoms with E-state index in [1.54, 1.807) is 42.5 Å². The minimum atomic E-state index is -0.428. The van der Waals surface area contributed by atoms with Crippen LogP contribution in [0.15, 0.2) is 88.3 Å². The maximum Gasteiger partial charge on any atom is 0.297 e. The molecule has 0 saturated carbocycles. The molecule has 0 unspecified atom stereocenters. The van der Waals surface area contributed by atoms with Gasteiger partial charge in [-0.05, 0) is 42.0 Å². The highest BCUT2D eigenvalue weighted by molar-refractivity contribution is 6.01. The largest absolute Gasteiger partial charge is 0.489 e. The van der Waals surface area contributed by atoms with Gasteiger partial charge in [-0.25, -0.2) is 9.37 Å². The fraction of sp³-hybridized carbons (Fsp3) is 0.0800. The van der Waals surface area contributed by atoms with Crippen molar-refractivity contribution in [3.8, 4) is 5.75 Å². The average molecular weight is 443 g/mol. The van der Waals surface area contributed by atoms with Crippen LogP contribution in [0.1, 0.15) is 5.56 Å². The van der Waals surface area contributed by atoms with Gasteiger partial charge in [0.15, 0.2) is 0 Å². The highest BCUT2D eigenvalue weighted by atomic mass is 19.1. The number of carbonyl (C=O) groups is 1. The van der Waals surface area contributed by atoms with Crippen molar-refractivity contribution in [2.24, 2.45) is 0 Å². The van der Waals surface area contributed by atoms with Gasteiger partial charge in [0.2, 0.25) is 11.5 Å². The number of anilines is 1. The zero-order valence-corrected chi connectivity index (χ0v) is 17.3. The fourth-order valence-corrected chi connectivity index (χ4v) is 3.49. The molecule has 0 fully saturated rings. The van der Waals surface area contributed by atoms with E-state index < -0.39 is 11.5 Å². The Morgan fingerprint density at radius 2 is 1.88 bits per heavy atom. The van der Waals surface area contributed by atoms with Gasteiger partial charge in [0.25, 0.3) is 5.56 Å². The summed E-state index contributed by atoms with van der Waals surface area (Å²) in [7, 11) is 0. The molecule has 0 aliphatic heterocycles. The van der Waals surface area contributed by atoms with Crippen LogP contribution in [0.3, 0.4) is 0 Å². The van der Waals surface area contributed by atoms with Crippen LogP contribution in [0.25, 0.3) is 22.1 Å². The Morgan fingerprint density at radius 3 is 2.73 bits per heavy atom. The maximum atomic E-state index is 13.0. The van der Waals surface area contributed by atoms with Gasteiger partial charge < -0.3 is 14.5 Å². The maximum absolute atomic E-state index is 13.0.